The first-order valence-corrected chi connectivity index (χ1v) is 6.45. The van der Waals surface area contributed by atoms with Crippen LogP contribution in [0.1, 0.15) is 5.56 Å². The van der Waals surface area contributed by atoms with Gasteiger partial charge in [0.1, 0.15) is 0 Å². The largest absolute Gasteiger partial charge is 0.316 e. The molecule has 0 unspecified atom stereocenters. The normalized spacial score (nSPS) is 10.8. The average molecular weight is 248 g/mol. The van der Waals surface area contributed by atoms with E-state index < -0.39 is 0 Å². The van der Waals surface area contributed by atoms with Gasteiger partial charge >= 0.3 is 0 Å². The maximum Gasteiger partial charge on any atom is 0.0702 e. The Bertz CT molecular complexity index is 687. The zero-order chi connectivity index (χ0) is 13.1. The third kappa shape index (κ3) is 2.49. The molecule has 0 spiro atoms. The third-order valence-electron chi connectivity index (χ3n) is 3.26. The smallest absolute Gasteiger partial charge is 0.0702 e. The van der Waals surface area contributed by atoms with Gasteiger partial charge in [0, 0.05) is 23.7 Å². The second kappa shape index (κ2) is 5.21. The highest BCUT2D eigenvalue weighted by Gasteiger charge is 2.00. The van der Waals surface area contributed by atoms with E-state index in [9.17, 15) is 0 Å². The number of nitrogens with one attached hydrogen (secondary N) is 1. The number of hydrogen-bond donors (Lipinski definition) is 1. The second-order valence-electron chi connectivity index (χ2n) is 4.64. The monoisotopic (exact) mass is 248 g/mol. The minimum atomic E-state index is 0.899. The fourth-order valence-corrected chi connectivity index (χ4v) is 2.25. The van der Waals surface area contributed by atoms with E-state index in [0.717, 1.165) is 17.6 Å². The molecule has 0 saturated carbocycles. The molecule has 0 saturated heterocycles. The first kappa shape index (κ1) is 11.9. The highest BCUT2D eigenvalue weighted by Crippen LogP contribution is 2.22. The Labute approximate surface area is 113 Å². The Kier molecular flexibility index (Phi) is 3.25. The second-order valence-corrected chi connectivity index (χ2v) is 4.64. The van der Waals surface area contributed by atoms with Crippen LogP contribution in [0.2, 0.25) is 0 Å². The fourth-order valence-electron chi connectivity index (χ4n) is 2.25. The summed E-state index contributed by atoms with van der Waals surface area (Å²) >= 11 is 0. The van der Waals surface area contributed by atoms with E-state index in [4.69, 9.17) is 0 Å². The Morgan fingerprint density at radius 1 is 0.947 bits per heavy atom. The van der Waals surface area contributed by atoms with Crippen molar-refractivity contribution in [2.75, 3.05) is 7.05 Å². The number of benzene rings is 2. The lowest BCUT2D eigenvalue weighted by Crippen LogP contribution is -2.04. The molecular formula is C17H16N2. The summed E-state index contributed by atoms with van der Waals surface area (Å²) in [6.07, 6.45) is 1.94. The number of hydrogen-bond acceptors (Lipinski definition) is 2. The van der Waals surface area contributed by atoms with E-state index in [-0.39, 0.29) is 0 Å². The molecule has 2 heteroatoms. The Morgan fingerprint density at radius 3 is 2.53 bits per heavy atom. The van der Waals surface area contributed by atoms with Gasteiger partial charge in [0.2, 0.25) is 0 Å². The van der Waals surface area contributed by atoms with E-state index in [1.54, 1.807) is 0 Å². The Balaban J connectivity index is 1.99. The molecule has 2 nitrogen and oxygen atoms in total. The molecule has 94 valence electrons. The quantitative estimate of drug-likeness (QED) is 0.765. The van der Waals surface area contributed by atoms with Crippen LogP contribution in [-0.2, 0) is 6.54 Å². The van der Waals surface area contributed by atoms with Crippen molar-refractivity contribution in [3.05, 3.63) is 66.4 Å². The van der Waals surface area contributed by atoms with Crippen LogP contribution < -0.4 is 5.32 Å². The minimum absolute atomic E-state index is 0.899. The Hall–Kier alpha value is -2.19. The van der Waals surface area contributed by atoms with Gasteiger partial charge in [-0.3, -0.25) is 4.98 Å². The van der Waals surface area contributed by atoms with E-state index >= 15 is 0 Å². The fraction of sp³-hybridized carbons (Fsp3) is 0.118. The Morgan fingerprint density at radius 2 is 1.74 bits per heavy atom. The van der Waals surface area contributed by atoms with Crippen molar-refractivity contribution in [1.82, 2.24) is 10.3 Å². The third-order valence-corrected chi connectivity index (χ3v) is 3.26. The number of rotatable bonds is 3. The summed E-state index contributed by atoms with van der Waals surface area (Å²) in [4.78, 5) is 4.50. The molecule has 0 radical (unpaired) electrons. The first-order valence-electron chi connectivity index (χ1n) is 6.45. The van der Waals surface area contributed by atoms with E-state index in [2.05, 4.69) is 46.7 Å². The topological polar surface area (TPSA) is 24.9 Å². The standard InChI is InChI=1S/C17H16N2/c1-18-11-13-6-8-14(9-7-13)16-10-15-4-2-3-5-17(15)19-12-16/h2-10,12,18H,11H2,1H3. The molecule has 0 bridgehead atoms. The number of aromatic nitrogens is 1. The summed E-state index contributed by atoms with van der Waals surface area (Å²) in [6.45, 7) is 0.899. The lowest BCUT2D eigenvalue weighted by Gasteiger charge is -2.05. The zero-order valence-electron chi connectivity index (χ0n) is 10.9. The molecule has 0 aliphatic carbocycles. The van der Waals surface area contributed by atoms with Crippen LogP contribution in [-0.4, -0.2) is 12.0 Å². The van der Waals surface area contributed by atoms with E-state index in [1.807, 2.05) is 31.4 Å². The molecular weight excluding hydrogens is 232 g/mol. The summed E-state index contributed by atoms with van der Waals surface area (Å²) in [5, 5.41) is 4.33. The molecule has 3 aromatic rings. The van der Waals surface area contributed by atoms with Crippen molar-refractivity contribution in [2.45, 2.75) is 6.54 Å². The van der Waals surface area contributed by atoms with Gasteiger partial charge in [-0.1, -0.05) is 42.5 Å². The van der Waals surface area contributed by atoms with Gasteiger partial charge in [0.25, 0.3) is 0 Å². The number of pyridine rings is 1. The van der Waals surface area contributed by atoms with Crippen LogP contribution in [0, 0.1) is 0 Å². The molecule has 3 rings (SSSR count). The van der Waals surface area contributed by atoms with Gasteiger partial charge < -0.3 is 5.32 Å². The number of para-hydroxylation sites is 1. The van der Waals surface area contributed by atoms with Crippen LogP contribution in [0.15, 0.2) is 60.8 Å². The van der Waals surface area contributed by atoms with Crippen LogP contribution in [0.25, 0.3) is 22.0 Å². The van der Waals surface area contributed by atoms with Gasteiger partial charge in [-0.15, -0.1) is 0 Å². The van der Waals surface area contributed by atoms with E-state index in [1.165, 1.54) is 16.5 Å². The average Bonchev–Trinajstić information content (AvgIpc) is 2.48. The van der Waals surface area contributed by atoms with Crippen molar-refractivity contribution in [2.24, 2.45) is 0 Å². The molecule has 1 N–H and O–H groups in total. The van der Waals surface area contributed by atoms with Crippen molar-refractivity contribution < 1.29 is 0 Å². The zero-order valence-corrected chi connectivity index (χ0v) is 10.9. The molecule has 0 atom stereocenters. The molecule has 0 amide bonds. The van der Waals surface area contributed by atoms with Crippen molar-refractivity contribution in [1.29, 1.82) is 0 Å². The van der Waals surface area contributed by atoms with Crippen LogP contribution in [0.4, 0.5) is 0 Å². The van der Waals surface area contributed by atoms with E-state index in [0.29, 0.717) is 0 Å². The maximum absolute atomic E-state index is 4.50. The summed E-state index contributed by atoms with van der Waals surface area (Å²) in [5.74, 6) is 0. The number of fused-ring (bicyclic) bond motifs is 1. The predicted molar refractivity (Wildman–Crippen MR) is 79.9 cm³/mol. The van der Waals surface area contributed by atoms with Gasteiger partial charge in [-0.25, -0.2) is 0 Å². The molecule has 0 fully saturated rings. The summed E-state index contributed by atoms with van der Waals surface area (Å²) < 4.78 is 0. The van der Waals surface area contributed by atoms with Gasteiger partial charge in [0.05, 0.1) is 5.52 Å². The van der Waals surface area contributed by atoms with Crippen LogP contribution in [0.5, 0.6) is 0 Å². The predicted octanol–water partition coefficient (Wildman–Crippen LogP) is 3.62. The van der Waals surface area contributed by atoms with Crippen molar-refractivity contribution >= 4 is 10.9 Å². The molecule has 19 heavy (non-hydrogen) atoms. The molecule has 0 aliphatic heterocycles. The summed E-state index contributed by atoms with van der Waals surface area (Å²) in [5.41, 5.74) is 4.70. The lowest BCUT2D eigenvalue weighted by molar-refractivity contribution is 0.818. The summed E-state index contributed by atoms with van der Waals surface area (Å²) in [7, 11) is 1.96. The number of nitrogens with zero attached hydrogens (tertiary/aromatic N) is 1. The highest BCUT2D eigenvalue weighted by molar-refractivity contribution is 5.83. The molecule has 1 aromatic heterocycles. The highest BCUT2D eigenvalue weighted by atomic mass is 14.8. The minimum Gasteiger partial charge on any atom is -0.316 e. The van der Waals surface area contributed by atoms with Crippen molar-refractivity contribution in [3.8, 4) is 11.1 Å². The van der Waals surface area contributed by atoms with Crippen LogP contribution >= 0.6 is 0 Å². The first-order chi connectivity index (χ1) is 9.36. The van der Waals surface area contributed by atoms with Crippen LogP contribution in [0.3, 0.4) is 0 Å². The van der Waals surface area contributed by atoms with Gasteiger partial charge in [0.15, 0.2) is 0 Å². The summed E-state index contributed by atoms with van der Waals surface area (Å²) in [6, 6.07) is 19.0. The SMILES string of the molecule is CNCc1ccc(-c2cnc3ccccc3c2)cc1. The van der Waals surface area contributed by atoms with Crippen molar-refractivity contribution in [3.63, 3.8) is 0 Å². The molecule has 1 heterocycles. The molecule has 2 aromatic carbocycles. The van der Waals surface area contributed by atoms with Gasteiger partial charge in [-0.2, -0.15) is 0 Å². The maximum atomic E-state index is 4.50. The molecule has 0 aliphatic rings. The lowest BCUT2D eigenvalue weighted by atomic mass is 10.0. The van der Waals surface area contributed by atoms with Gasteiger partial charge in [-0.05, 0) is 30.3 Å².